The van der Waals surface area contributed by atoms with Gasteiger partial charge in [0, 0.05) is 0 Å². The number of nitrogens with two attached hydrogens (primary N) is 3. The number of amides is 4. The average molecular weight is 521 g/mol. The lowest BCUT2D eigenvalue weighted by atomic mass is 10.0. The number of ether oxygens (including phenoxy) is 1. The van der Waals surface area contributed by atoms with E-state index in [1.165, 1.54) is 0 Å². The zero-order valence-corrected chi connectivity index (χ0v) is 22.0. The van der Waals surface area contributed by atoms with E-state index in [0.29, 0.717) is 63.8 Å². The zero-order valence-electron chi connectivity index (χ0n) is 22.0. The third-order valence-corrected chi connectivity index (χ3v) is 5.66. The van der Waals surface area contributed by atoms with E-state index in [-0.39, 0.29) is 12.5 Å². The molecule has 0 fully saturated rings. The van der Waals surface area contributed by atoms with Gasteiger partial charge >= 0.3 is 0 Å². The Morgan fingerprint density at radius 1 is 0.784 bits per heavy atom. The molecule has 0 saturated carbocycles. The number of rotatable bonds is 19. The highest BCUT2D eigenvalue weighted by atomic mass is 16.5. The van der Waals surface area contributed by atoms with Crippen molar-refractivity contribution in [1.82, 2.24) is 16.0 Å². The van der Waals surface area contributed by atoms with E-state index >= 15 is 0 Å². The molecule has 208 valence electrons. The van der Waals surface area contributed by atoms with Gasteiger partial charge in [-0.3, -0.25) is 19.2 Å². The molecular weight excluding hydrogens is 476 g/mol. The zero-order chi connectivity index (χ0) is 27.6. The molecule has 0 spiro atoms. The van der Waals surface area contributed by atoms with Crippen LogP contribution in [0, 0.1) is 5.92 Å². The molecule has 0 aromatic heterocycles. The molecule has 4 amide bonds. The number of primary amides is 1. The number of unbranched alkanes of at least 4 members (excludes halogenated alkanes) is 2. The summed E-state index contributed by atoms with van der Waals surface area (Å²) in [5.41, 5.74) is 16.6. The lowest BCUT2D eigenvalue weighted by Crippen LogP contribution is -2.57. The van der Waals surface area contributed by atoms with Crippen molar-refractivity contribution in [1.29, 1.82) is 0 Å². The maximum atomic E-state index is 13.2. The van der Waals surface area contributed by atoms with Gasteiger partial charge in [0.05, 0.1) is 0 Å². The van der Waals surface area contributed by atoms with Gasteiger partial charge < -0.3 is 37.9 Å². The molecule has 0 unspecified atom stereocenters. The standard InChI is InChI=1S/C26H44N6O5/c1-18(2)16-22(26(36)31-20(24(29)34)12-6-8-14-27)32-25(35)21(13-7-9-15-28)30-23(33)17-37-19-10-4-3-5-11-19/h3-5,10-11,18,20-22H,6-9,12-17,27-28H2,1-2H3,(H2,29,34)(H,30,33)(H,31,36)(H,32,35)/t20-,21-,22-/m0/s1. The summed E-state index contributed by atoms with van der Waals surface area (Å²) in [4.78, 5) is 50.6. The van der Waals surface area contributed by atoms with E-state index in [4.69, 9.17) is 21.9 Å². The van der Waals surface area contributed by atoms with Gasteiger partial charge in [-0.15, -0.1) is 0 Å². The lowest BCUT2D eigenvalue weighted by Gasteiger charge is -2.26. The quantitative estimate of drug-likeness (QED) is 0.141. The molecule has 0 heterocycles. The number of carbonyl (C=O) groups excluding carboxylic acids is 4. The minimum absolute atomic E-state index is 0.0740. The molecule has 9 N–H and O–H groups in total. The van der Waals surface area contributed by atoms with E-state index in [9.17, 15) is 19.2 Å². The first-order valence-corrected chi connectivity index (χ1v) is 12.9. The Hall–Kier alpha value is -3.18. The van der Waals surface area contributed by atoms with Crippen molar-refractivity contribution in [2.45, 2.75) is 76.9 Å². The fourth-order valence-corrected chi connectivity index (χ4v) is 3.69. The molecule has 1 aromatic carbocycles. The van der Waals surface area contributed by atoms with Crippen LogP contribution in [0.15, 0.2) is 30.3 Å². The Morgan fingerprint density at radius 2 is 1.32 bits per heavy atom. The van der Waals surface area contributed by atoms with Crippen molar-refractivity contribution in [2.75, 3.05) is 19.7 Å². The van der Waals surface area contributed by atoms with Crippen LogP contribution in [-0.4, -0.2) is 61.5 Å². The van der Waals surface area contributed by atoms with Gasteiger partial charge in [0.2, 0.25) is 17.7 Å². The lowest BCUT2D eigenvalue weighted by molar-refractivity contribution is -0.134. The largest absolute Gasteiger partial charge is 0.484 e. The van der Waals surface area contributed by atoms with E-state index in [1.807, 2.05) is 19.9 Å². The highest BCUT2D eigenvalue weighted by Crippen LogP contribution is 2.10. The summed E-state index contributed by atoms with van der Waals surface area (Å²) in [5, 5.41) is 8.12. The van der Waals surface area contributed by atoms with Crippen molar-refractivity contribution in [3.8, 4) is 5.75 Å². The summed E-state index contributed by atoms with van der Waals surface area (Å²) < 4.78 is 5.47. The molecule has 1 aromatic rings. The van der Waals surface area contributed by atoms with Crippen LogP contribution in [0.25, 0.3) is 0 Å². The maximum absolute atomic E-state index is 13.2. The molecule has 11 nitrogen and oxygen atoms in total. The highest BCUT2D eigenvalue weighted by molar-refractivity contribution is 5.94. The molecule has 0 radical (unpaired) electrons. The summed E-state index contributed by atoms with van der Waals surface area (Å²) in [7, 11) is 0. The van der Waals surface area contributed by atoms with Gasteiger partial charge in [-0.1, -0.05) is 32.0 Å². The van der Waals surface area contributed by atoms with Crippen LogP contribution in [0.1, 0.15) is 58.8 Å². The summed E-state index contributed by atoms with van der Waals surface area (Å²) in [6.45, 7) is 4.50. The average Bonchev–Trinajstić information content (AvgIpc) is 2.86. The maximum Gasteiger partial charge on any atom is 0.258 e. The van der Waals surface area contributed by atoms with Crippen LogP contribution in [0.4, 0.5) is 0 Å². The Kier molecular flexibility index (Phi) is 15.6. The molecule has 0 bridgehead atoms. The van der Waals surface area contributed by atoms with E-state index < -0.39 is 41.8 Å². The van der Waals surface area contributed by atoms with Crippen LogP contribution in [-0.2, 0) is 19.2 Å². The molecule has 0 aliphatic rings. The van der Waals surface area contributed by atoms with Crippen LogP contribution < -0.4 is 37.9 Å². The van der Waals surface area contributed by atoms with Crippen molar-refractivity contribution in [3.63, 3.8) is 0 Å². The minimum atomic E-state index is -0.904. The second-order valence-electron chi connectivity index (χ2n) is 9.45. The molecular formula is C26H44N6O5. The van der Waals surface area contributed by atoms with E-state index in [0.717, 1.165) is 0 Å². The van der Waals surface area contributed by atoms with Gasteiger partial charge in [0.15, 0.2) is 6.61 Å². The Bertz CT molecular complexity index is 836. The third kappa shape index (κ3) is 13.6. The second kappa shape index (κ2) is 18.1. The number of benzene rings is 1. The molecule has 11 heteroatoms. The number of hydrogen-bond acceptors (Lipinski definition) is 7. The molecule has 0 aliphatic carbocycles. The molecule has 0 saturated heterocycles. The summed E-state index contributed by atoms with van der Waals surface area (Å²) in [6.07, 6.45) is 3.67. The topological polar surface area (TPSA) is 192 Å². The van der Waals surface area contributed by atoms with E-state index in [1.54, 1.807) is 24.3 Å². The summed E-state index contributed by atoms with van der Waals surface area (Å²) in [6, 6.07) is 6.22. The van der Waals surface area contributed by atoms with Crippen molar-refractivity contribution in [3.05, 3.63) is 30.3 Å². The highest BCUT2D eigenvalue weighted by Gasteiger charge is 2.29. The minimum Gasteiger partial charge on any atom is -0.484 e. The Balaban J connectivity index is 2.87. The normalized spacial score (nSPS) is 13.3. The first-order valence-electron chi connectivity index (χ1n) is 12.9. The fourth-order valence-electron chi connectivity index (χ4n) is 3.69. The van der Waals surface area contributed by atoms with Crippen molar-refractivity contribution in [2.24, 2.45) is 23.1 Å². The molecule has 0 aliphatic heterocycles. The van der Waals surface area contributed by atoms with E-state index in [2.05, 4.69) is 16.0 Å². The predicted molar refractivity (Wildman–Crippen MR) is 142 cm³/mol. The summed E-state index contributed by atoms with van der Waals surface area (Å²) >= 11 is 0. The third-order valence-electron chi connectivity index (χ3n) is 5.66. The van der Waals surface area contributed by atoms with Crippen LogP contribution in [0.2, 0.25) is 0 Å². The Labute approximate surface area is 219 Å². The van der Waals surface area contributed by atoms with Gasteiger partial charge in [0.25, 0.3) is 5.91 Å². The fraction of sp³-hybridized carbons (Fsp3) is 0.615. The number of para-hydroxylation sites is 1. The molecule has 37 heavy (non-hydrogen) atoms. The molecule has 1 rings (SSSR count). The van der Waals surface area contributed by atoms with Crippen molar-refractivity contribution < 1.29 is 23.9 Å². The second-order valence-corrected chi connectivity index (χ2v) is 9.45. The van der Waals surface area contributed by atoms with Gasteiger partial charge in [-0.05, 0) is 76.1 Å². The smallest absolute Gasteiger partial charge is 0.258 e. The first kappa shape index (κ1) is 31.8. The van der Waals surface area contributed by atoms with Crippen LogP contribution >= 0.6 is 0 Å². The van der Waals surface area contributed by atoms with Crippen molar-refractivity contribution >= 4 is 23.6 Å². The monoisotopic (exact) mass is 520 g/mol. The van der Waals surface area contributed by atoms with Crippen LogP contribution in [0.3, 0.4) is 0 Å². The SMILES string of the molecule is CC(C)C[C@H](NC(=O)[C@H](CCCCN)NC(=O)COc1ccccc1)C(=O)N[C@@H](CCCCN)C(N)=O. The molecule has 3 atom stereocenters. The van der Waals surface area contributed by atoms with Gasteiger partial charge in [0.1, 0.15) is 23.9 Å². The summed E-state index contributed by atoms with van der Waals surface area (Å²) in [5.74, 6) is -1.50. The predicted octanol–water partition coefficient (Wildman–Crippen LogP) is 0.309. The van der Waals surface area contributed by atoms with Gasteiger partial charge in [-0.25, -0.2) is 0 Å². The van der Waals surface area contributed by atoms with Gasteiger partial charge in [-0.2, -0.15) is 0 Å². The number of nitrogens with one attached hydrogen (secondary N) is 3. The number of carbonyl (C=O) groups is 4. The Morgan fingerprint density at radius 3 is 1.86 bits per heavy atom. The van der Waals surface area contributed by atoms with Crippen LogP contribution in [0.5, 0.6) is 5.75 Å². The first-order chi connectivity index (χ1) is 17.7. The number of hydrogen-bond donors (Lipinski definition) is 6.